The van der Waals surface area contributed by atoms with Crippen LogP contribution in [-0.4, -0.2) is 0 Å². The molecule has 0 radical (unpaired) electrons. The molecule has 68 heavy (non-hydrogen) atoms. The van der Waals surface area contributed by atoms with Crippen LogP contribution in [0, 0.1) is 0 Å². The third-order valence-electron chi connectivity index (χ3n) is 14.0. The molecule has 0 aliphatic heterocycles. The van der Waals surface area contributed by atoms with Crippen molar-refractivity contribution in [2.24, 2.45) is 0 Å². The van der Waals surface area contributed by atoms with Gasteiger partial charge in [0.25, 0.3) is 0 Å². The van der Waals surface area contributed by atoms with Gasteiger partial charge in [-0.15, -0.1) is 0 Å². The molecule has 1 heteroatoms. The van der Waals surface area contributed by atoms with Gasteiger partial charge in [-0.2, -0.15) is 0 Å². The first-order valence-electron chi connectivity index (χ1n) is 23.5. The van der Waals surface area contributed by atoms with E-state index in [4.69, 9.17) is 4.42 Å². The zero-order chi connectivity index (χ0) is 45.0. The molecular weight excluding hydrogens is 821 g/mol. The summed E-state index contributed by atoms with van der Waals surface area (Å²) in [4.78, 5) is 0. The van der Waals surface area contributed by atoms with Crippen molar-refractivity contribution in [1.82, 2.24) is 0 Å². The highest BCUT2D eigenvalue weighted by Gasteiger charge is 2.20. The molecule has 12 aromatic carbocycles. The van der Waals surface area contributed by atoms with E-state index in [2.05, 4.69) is 249 Å². The van der Waals surface area contributed by atoms with Gasteiger partial charge in [0, 0.05) is 16.7 Å². The molecule has 0 spiro atoms. The van der Waals surface area contributed by atoms with Crippen molar-refractivity contribution in [3.63, 3.8) is 0 Å². The van der Waals surface area contributed by atoms with Gasteiger partial charge >= 0.3 is 0 Å². The van der Waals surface area contributed by atoms with Gasteiger partial charge in [0.15, 0.2) is 0 Å². The number of benzene rings is 12. The average molecular weight is 865 g/mol. The smallest absolute Gasteiger partial charge is 0.136 e. The fourth-order valence-corrected chi connectivity index (χ4v) is 10.5. The summed E-state index contributed by atoms with van der Waals surface area (Å²) < 4.78 is 6.31. The van der Waals surface area contributed by atoms with Crippen molar-refractivity contribution in [3.05, 3.63) is 278 Å². The van der Waals surface area contributed by atoms with Crippen LogP contribution in [0.2, 0.25) is 0 Å². The molecule has 0 bridgehead atoms. The van der Waals surface area contributed by atoms with Crippen molar-refractivity contribution >= 4 is 54.3 Å². The highest BCUT2D eigenvalue weighted by molar-refractivity contribution is 6.26. The molecule has 0 aliphatic carbocycles. The van der Waals surface area contributed by atoms with Crippen molar-refractivity contribution in [2.45, 2.75) is 5.92 Å². The Morgan fingerprint density at radius 2 is 0.515 bits per heavy atom. The molecule has 0 atom stereocenters. The lowest BCUT2D eigenvalue weighted by Gasteiger charge is -2.21. The minimum atomic E-state index is 0.00779. The predicted octanol–water partition coefficient (Wildman–Crippen LogP) is 18.6. The van der Waals surface area contributed by atoms with Crippen LogP contribution in [0.4, 0.5) is 0 Å². The lowest BCUT2D eigenvalue weighted by molar-refractivity contribution is 0.669. The molecule has 0 aliphatic rings. The second-order valence-electron chi connectivity index (χ2n) is 18.0. The third-order valence-corrected chi connectivity index (χ3v) is 14.0. The van der Waals surface area contributed by atoms with Gasteiger partial charge in [-0.3, -0.25) is 0 Å². The molecule has 0 N–H and O–H groups in total. The normalized spacial score (nSPS) is 11.7. The minimum absolute atomic E-state index is 0.00779. The Hall–Kier alpha value is -8.78. The Labute approximate surface area is 395 Å². The van der Waals surface area contributed by atoms with Gasteiger partial charge < -0.3 is 4.42 Å². The largest absolute Gasteiger partial charge is 0.456 e. The van der Waals surface area contributed by atoms with E-state index in [1.165, 1.54) is 99.1 Å². The molecule has 1 heterocycles. The van der Waals surface area contributed by atoms with Crippen LogP contribution in [0.1, 0.15) is 22.6 Å². The second-order valence-corrected chi connectivity index (χ2v) is 18.0. The zero-order valence-corrected chi connectivity index (χ0v) is 37.3. The fraction of sp³-hybridized carbons (Fsp3) is 0.0149. The summed E-state index contributed by atoms with van der Waals surface area (Å²) in [6.07, 6.45) is 0. The van der Waals surface area contributed by atoms with Gasteiger partial charge in [0.1, 0.15) is 11.2 Å². The Morgan fingerprint density at radius 3 is 1.03 bits per heavy atom. The molecule has 0 amide bonds. The van der Waals surface area contributed by atoms with Crippen LogP contribution in [0.15, 0.2) is 265 Å². The van der Waals surface area contributed by atoms with Crippen LogP contribution in [0.3, 0.4) is 0 Å². The number of hydrogen-bond acceptors (Lipinski definition) is 1. The maximum absolute atomic E-state index is 6.31. The molecule has 0 saturated heterocycles. The van der Waals surface area contributed by atoms with E-state index >= 15 is 0 Å². The topological polar surface area (TPSA) is 13.1 Å². The van der Waals surface area contributed by atoms with Crippen molar-refractivity contribution < 1.29 is 4.42 Å². The van der Waals surface area contributed by atoms with Crippen LogP contribution in [0.25, 0.3) is 110 Å². The van der Waals surface area contributed by atoms with Crippen LogP contribution >= 0.6 is 0 Å². The van der Waals surface area contributed by atoms with Gasteiger partial charge in [0.2, 0.25) is 0 Å². The second kappa shape index (κ2) is 16.6. The molecule has 13 aromatic rings. The number of furan rings is 1. The molecular formula is C67H44O. The van der Waals surface area contributed by atoms with Crippen LogP contribution in [0.5, 0.6) is 0 Å². The van der Waals surface area contributed by atoms with E-state index < -0.39 is 0 Å². The Balaban J connectivity index is 0.901. The monoisotopic (exact) mass is 864 g/mol. The molecule has 1 nitrogen and oxygen atoms in total. The highest BCUT2D eigenvalue weighted by atomic mass is 16.3. The van der Waals surface area contributed by atoms with E-state index in [1.807, 2.05) is 12.1 Å². The zero-order valence-electron chi connectivity index (χ0n) is 37.3. The quantitative estimate of drug-likeness (QED) is 0.110. The minimum Gasteiger partial charge on any atom is -0.456 e. The van der Waals surface area contributed by atoms with Gasteiger partial charge in [-0.25, -0.2) is 0 Å². The van der Waals surface area contributed by atoms with E-state index in [0.29, 0.717) is 0 Å². The molecule has 1 aromatic heterocycles. The summed E-state index contributed by atoms with van der Waals surface area (Å²) in [5, 5.41) is 9.81. The number of rotatable bonds is 8. The van der Waals surface area contributed by atoms with E-state index in [-0.39, 0.29) is 5.92 Å². The Bertz CT molecular complexity index is 3810. The first-order chi connectivity index (χ1) is 33.7. The summed E-state index contributed by atoms with van der Waals surface area (Å²) in [5.41, 5.74) is 17.6. The molecule has 0 fully saturated rings. The Kier molecular flexibility index (Phi) is 9.65. The maximum Gasteiger partial charge on any atom is 0.136 e. The van der Waals surface area contributed by atoms with Crippen LogP contribution < -0.4 is 0 Å². The first kappa shape index (κ1) is 39.6. The summed E-state index contributed by atoms with van der Waals surface area (Å²) in [6.45, 7) is 0. The summed E-state index contributed by atoms with van der Waals surface area (Å²) in [6, 6.07) is 95.4. The van der Waals surface area contributed by atoms with Crippen molar-refractivity contribution in [2.75, 3.05) is 0 Å². The van der Waals surface area contributed by atoms with Crippen LogP contribution in [-0.2, 0) is 0 Å². The van der Waals surface area contributed by atoms with E-state index in [9.17, 15) is 0 Å². The van der Waals surface area contributed by atoms with E-state index in [0.717, 1.165) is 27.5 Å². The Morgan fingerprint density at radius 1 is 0.191 bits per heavy atom. The lowest BCUT2D eigenvalue weighted by atomic mass is 9.82. The molecule has 13 rings (SSSR count). The van der Waals surface area contributed by atoms with Gasteiger partial charge in [-0.1, -0.05) is 231 Å². The maximum atomic E-state index is 6.31. The fourth-order valence-electron chi connectivity index (χ4n) is 10.5. The van der Waals surface area contributed by atoms with E-state index in [1.54, 1.807) is 0 Å². The average Bonchev–Trinajstić information content (AvgIpc) is 3.80. The number of para-hydroxylation sites is 1. The SMILES string of the molecule is c1ccc(-c2ccc(-c3ccc(C(c4ccc(-c5ccc(-c6ccccc6)cc5)cc4)c4ccc5c6ccc(-c7ccc8c(c7)oc7ccccc78)cc6c6ccccc6c5c4)cc3)cc2)cc1. The predicted molar refractivity (Wildman–Crippen MR) is 287 cm³/mol. The number of fused-ring (bicyclic) bond motifs is 9. The summed E-state index contributed by atoms with van der Waals surface area (Å²) in [7, 11) is 0. The lowest BCUT2D eigenvalue weighted by Crippen LogP contribution is -2.04. The molecule has 0 saturated carbocycles. The number of hydrogen-bond donors (Lipinski definition) is 0. The van der Waals surface area contributed by atoms with Crippen molar-refractivity contribution in [1.29, 1.82) is 0 Å². The van der Waals surface area contributed by atoms with Gasteiger partial charge in [-0.05, 0) is 135 Å². The molecule has 318 valence electrons. The molecule has 0 unspecified atom stereocenters. The first-order valence-corrected chi connectivity index (χ1v) is 23.5. The van der Waals surface area contributed by atoms with Gasteiger partial charge in [0.05, 0.1) is 0 Å². The third kappa shape index (κ3) is 7.05. The summed E-state index contributed by atoms with van der Waals surface area (Å²) in [5.74, 6) is 0.00779. The summed E-state index contributed by atoms with van der Waals surface area (Å²) >= 11 is 0. The highest BCUT2D eigenvalue weighted by Crippen LogP contribution is 2.42. The van der Waals surface area contributed by atoms with Crippen molar-refractivity contribution in [3.8, 4) is 55.6 Å². The standard InChI is InChI=1S/C67H44O/c1-3-11-44(12-4-1)46-19-23-48(24-20-46)50-27-31-52(32-28-50)67(53-33-29-51(30-34-53)49-25-21-47(22-26-49)45-13-5-2-6-14-45)56-37-39-60-59-38-35-54(41-63(59)57-15-7-8-16-58(57)64(60)42-56)55-36-40-62-61-17-9-10-18-65(61)68-66(62)43-55/h1-43,67H.